The summed E-state index contributed by atoms with van der Waals surface area (Å²) >= 11 is 0. The molecule has 1 aromatic carbocycles. The minimum absolute atomic E-state index is 0.0855. The topological polar surface area (TPSA) is 64.4 Å². The Morgan fingerprint density at radius 3 is 2.76 bits per heavy atom. The van der Waals surface area contributed by atoms with Gasteiger partial charge in [-0.05, 0) is 12.5 Å². The molecule has 17 heavy (non-hydrogen) atoms. The number of rotatable bonds is 7. The number of hydrogen-bond donors (Lipinski definition) is 1. The van der Waals surface area contributed by atoms with Gasteiger partial charge in [-0.3, -0.25) is 10.1 Å². The Morgan fingerprint density at radius 1 is 1.41 bits per heavy atom. The number of nitrogens with zero attached hydrogens (tertiary/aromatic N) is 1. The van der Waals surface area contributed by atoms with Crippen LogP contribution in [0, 0.1) is 10.1 Å². The van der Waals surface area contributed by atoms with Crippen LogP contribution in [0.4, 0.5) is 11.4 Å². The molecule has 0 aromatic heterocycles. The van der Waals surface area contributed by atoms with Crippen LogP contribution >= 0.6 is 0 Å². The van der Waals surface area contributed by atoms with E-state index in [2.05, 4.69) is 12.2 Å². The number of ether oxygens (including phenoxy) is 1. The summed E-state index contributed by atoms with van der Waals surface area (Å²) in [6, 6.07) is 4.71. The first-order valence-corrected chi connectivity index (χ1v) is 5.75. The first-order valence-electron chi connectivity index (χ1n) is 5.75. The molecule has 0 fully saturated rings. The Kier molecular flexibility index (Phi) is 5.26. The van der Waals surface area contributed by atoms with Crippen molar-refractivity contribution in [2.45, 2.75) is 26.2 Å². The van der Waals surface area contributed by atoms with Crippen LogP contribution in [0.25, 0.3) is 0 Å². The maximum absolute atomic E-state index is 10.8. The van der Waals surface area contributed by atoms with Crippen molar-refractivity contribution in [3.8, 4) is 5.75 Å². The third-order valence-electron chi connectivity index (χ3n) is 2.50. The third-order valence-corrected chi connectivity index (χ3v) is 2.50. The molecular weight excluding hydrogens is 220 g/mol. The number of methoxy groups -OCH3 is 1. The summed E-state index contributed by atoms with van der Waals surface area (Å²) in [6.45, 7) is 2.86. The Morgan fingerprint density at radius 2 is 2.18 bits per heavy atom. The van der Waals surface area contributed by atoms with Gasteiger partial charge < -0.3 is 10.1 Å². The van der Waals surface area contributed by atoms with Crippen LogP contribution in [-0.2, 0) is 0 Å². The lowest BCUT2D eigenvalue weighted by molar-refractivity contribution is -0.384. The molecule has 0 spiro atoms. The van der Waals surface area contributed by atoms with E-state index in [9.17, 15) is 10.1 Å². The molecule has 0 heterocycles. The van der Waals surface area contributed by atoms with E-state index < -0.39 is 0 Å². The second-order valence-corrected chi connectivity index (χ2v) is 3.77. The predicted molar refractivity (Wildman–Crippen MR) is 67.7 cm³/mol. The van der Waals surface area contributed by atoms with Gasteiger partial charge in [-0.1, -0.05) is 19.8 Å². The van der Waals surface area contributed by atoms with E-state index in [1.54, 1.807) is 19.2 Å². The smallest absolute Gasteiger partial charge is 0.292 e. The Bertz CT molecular complexity index is 380. The minimum Gasteiger partial charge on any atom is -0.497 e. The van der Waals surface area contributed by atoms with Crippen LogP contribution in [0.1, 0.15) is 26.2 Å². The molecule has 1 rings (SSSR count). The second kappa shape index (κ2) is 6.73. The predicted octanol–water partition coefficient (Wildman–Crippen LogP) is 3.21. The summed E-state index contributed by atoms with van der Waals surface area (Å²) in [5, 5.41) is 13.9. The fraction of sp³-hybridized carbons (Fsp3) is 0.500. The van der Waals surface area contributed by atoms with Gasteiger partial charge in [0, 0.05) is 18.7 Å². The van der Waals surface area contributed by atoms with Gasteiger partial charge in [0.1, 0.15) is 11.4 Å². The molecule has 94 valence electrons. The second-order valence-electron chi connectivity index (χ2n) is 3.77. The lowest BCUT2D eigenvalue weighted by Crippen LogP contribution is -2.04. The van der Waals surface area contributed by atoms with Crippen LogP contribution in [0.2, 0.25) is 0 Å². The highest BCUT2D eigenvalue weighted by atomic mass is 16.6. The zero-order valence-corrected chi connectivity index (χ0v) is 10.2. The number of nitro groups is 1. The first-order chi connectivity index (χ1) is 8.19. The average Bonchev–Trinajstić information content (AvgIpc) is 2.34. The van der Waals surface area contributed by atoms with Crippen LogP contribution in [0.15, 0.2) is 18.2 Å². The number of nitro benzene ring substituents is 1. The fourth-order valence-corrected chi connectivity index (χ4v) is 1.54. The molecule has 0 unspecified atom stereocenters. The van der Waals surface area contributed by atoms with Crippen molar-refractivity contribution in [3.63, 3.8) is 0 Å². The highest BCUT2D eigenvalue weighted by Gasteiger charge is 2.13. The maximum Gasteiger partial charge on any atom is 0.292 e. The minimum atomic E-state index is -0.387. The average molecular weight is 238 g/mol. The van der Waals surface area contributed by atoms with E-state index in [0.29, 0.717) is 11.4 Å². The Labute approximate surface area is 101 Å². The maximum atomic E-state index is 10.8. The summed E-state index contributed by atoms with van der Waals surface area (Å²) < 4.78 is 5.05. The van der Waals surface area contributed by atoms with Crippen molar-refractivity contribution in [2.75, 3.05) is 19.0 Å². The van der Waals surface area contributed by atoms with Crippen molar-refractivity contribution in [1.82, 2.24) is 0 Å². The molecule has 0 saturated carbocycles. The highest BCUT2D eigenvalue weighted by molar-refractivity contribution is 5.64. The number of benzene rings is 1. The fourth-order valence-electron chi connectivity index (χ4n) is 1.54. The van der Waals surface area contributed by atoms with E-state index in [0.717, 1.165) is 25.8 Å². The van der Waals surface area contributed by atoms with E-state index in [1.807, 2.05) is 0 Å². The molecule has 0 amide bonds. The zero-order valence-electron chi connectivity index (χ0n) is 10.2. The monoisotopic (exact) mass is 238 g/mol. The van der Waals surface area contributed by atoms with Gasteiger partial charge in [-0.2, -0.15) is 0 Å². The van der Waals surface area contributed by atoms with Crippen molar-refractivity contribution < 1.29 is 9.66 Å². The zero-order chi connectivity index (χ0) is 12.7. The molecule has 0 atom stereocenters. The van der Waals surface area contributed by atoms with Gasteiger partial charge in [-0.25, -0.2) is 0 Å². The standard InChI is InChI=1S/C12H18N2O3/c1-3-4-5-8-13-11-9-10(17-2)6-7-12(11)14(15)16/h6-7,9,13H,3-5,8H2,1-2H3. The van der Waals surface area contributed by atoms with Crippen LogP contribution in [0.3, 0.4) is 0 Å². The highest BCUT2D eigenvalue weighted by Crippen LogP contribution is 2.28. The molecule has 0 aliphatic heterocycles. The summed E-state index contributed by atoms with van der Waals surface area (Å²) in [6.07, 6.45) is 3.25. The van der Waals surface area contributed by atoms with Crippen molar-refractivity contribution in [1.29, 1.82) is 0 Å². The Hall–Kier alpha value is -1.78. The van der Waals surface area contributed by atoms with Gasteiger partial charge in [0.05, 0.1) is 12.0 Å². The lowest BCUT2D eigenvalue weighted by atomic mass is 10.2. The molecule has 5 nitrogen and oxygen atoms in total. The SMILES string of the molecule is CCCCCNc1cc(OC)ccc1[N+](=O)[O-]. The molecule has 0 aliphatic carbocycles. The van der Waals surface area contributed by atoms with E-state index in [-0.39, 0.29) is 10.6 Å². The molecule has 5 heteroatoms. The van der Waals surface area contributed by atoms with Crippen molar-refractivity contribution >= 4 is 11.4 Å². The van der Waals surface area contributed by atoms with Crippen LogP contribution in [0.5, 0.6) is 5.75 Å². The molecule has 0 aliphatic rings. The van der Waals surface area contributed by atoms with Gasteiger partial charge in [0.15, 0.2) is 0 Å². The summed E-state index contributed by atoms with van der Waals surface area (Å²) in [5.41, 5.74) is 0.604. The molecule has 0 saturated heterocycles. The van der Waals surface area contributed by atoms with Crippen molar-refractivity contribution in [2.24, 2.45) is 0 Å². The quantitative estimate of drug-likeness (QED) is 0.450. The van der Waals surface area contributed by atoms with E-state index in [4.69, 9.17) is 4.74 Å². The Balaban J connectivity index is 2.75. The normalized spacial score (nSPS) is 10.0. The van der Waals surface area contributed by atoms with E-state index >= 15 is 0 Å². The van der Waals surface area contributed by atoms with Crippen molar-refractivity contribution in [3.05, 3.63) is 28.3 Å². The van der Waals surface area contributed by atoms with Crippen LogP contribution < -0.4 is 10.1 Å². The summed E-state index contributed by atoms with van der Waals surface area (Å²) in [5.74, 6) is 0.619. The number of nitrogens with one attached hydrogen (secondary N) is 1. The largest absolute Gasteiger partial charge is 0.497 e. The number of hydrogen-bond acceptors (Lipinski definition) is 4. The first kappa shape index (κ1) is 13.3. The number of anilines is 1. The van der Waals surface area contributed by atoms with Crippen LogP contribution in [-0.4, -0.2) is 18.6 Å². The van der Waals surface area contributed by atoms with Gasteiger partial charge in [0.2, 0.25) is 0 Å². The van der Waals surface area contributed by atoms with Gasteiger partial charge >= 0.3 is 0 Å². The molecule has 1 aromatic rings. The molecule has 0 bridgehead atoms. The molecule has 0 radical (unpaired) electrons. The summed E-state index contributed by atoms with van der Waals surface area (Å²) in [7, 11) is 1.54. The summed E-state index contributed by atoms with van der Waals surface area (Å²) in [4.78, 5) is 10.4. The molecule has 1 N–H and O–H groups in total. The van der Waals surface area contributed by atoms with Gasteiger partial charge in [0.25, 0.3) is 5.69 Å². The van der Waals surface area contributed by atoms with E-state index in [1.165, 1.54) is 6.07 Å². The molecular formula is C12H18N2O3. The number of unbranched alkanes of at least 4 members (excludes halogenated alkanes) is 2. The lowest BCUT2D eigenvalue weighted by Gasteiger charge is -2.08. The third kappa shape index (κ3) is 3.94. The van der Waals surface area contributed by atoms with Gasteiger partial charge in [-0.15, -0.1) is 0 Å².